The summed E-state index contributed by atoms with van der Waals surface area (Å²) in [5.41, 5.74) is -1.15. The molecule has 0 saturated carbocycles. The average molecular weight is 538 g/mol. The Morgan fingerprint density at radius 2 is 2.21 bits per heavy atom. The summed E-state index contributed by atoms with van der Waals surface area (Å²) in [6.45, 7) is 3.09. The molecule has 152 valence electrons. The van der Waals surface area contributed by atoms with Crippen molar-refractivity contribution in [2.45, 2.75) is 29.2 Å². The van der Waals surface area contributed by atoms with Crippen molar-refractivity contribution >= 4 is 75.1 Å². The molecule has 1 N–H and O–H groups in total. The number of carboxylic acid groups (broad SMARTS) is 1. The van der Waals surface area contributed by atoms with Crippen LogP contribution in [0.1, 0.15) is 13.8 Å². The van der Waals surface area contributed by atoms with Crippen LogP contribution in [0.4, 0.5) is 5.69 Å². The number of amides is 2. The van der Waals surface area contributed by atoms with E-state index in [1.54, 1.807) is 11.4 Å². The molecule has 3 heterocycles. The number of carbonyl (C=O) groups excluding carboxylic acids is 3. The van der Waals surface area contributed by atoms with Crippen LogP contribution in [0.25, 0.3) is 0 Å². The first-order valence-corrected chi connectivity index (χ1v) is 11.7. The van der Waals surface area contributed by atoms with Gasteiger partial charge in [-0.2, -0.15) is 11.3 Å². The number of carbonyl (C=O) groups is 4. The molecule has 0 bridgehead atoms. The second kappa shape index (κ2) is 8.19. The molecular formula is C17H19IN2O6S2. The predicted molar refractivity (Wildman–Crippen MR) is 114 cm³/mol. The lowest BCUT2D eigenvalue weighted by Gasteiger charge is -2.55. The number of fused-ring (bicyclic) bond motifs is 1. The number of ether oxygens (including phenoxy) is 1. The van der Waals surface area contributed by atoms with E-state index in [1.807, 2.05) is 12.3 Å². The summed E-state index contributed by atoms with van der Waals surface area (Å²) in [6.07, 6.45) is 0. The van der Waals surface area contributed by atoms with Gasteiger partial charge in [0.15, 0.2) is 5.41 Å². The van der Waals surface area contributed by atoms with Crippen LogP contribution in [0.5, 0.6) is 0 Å². The zero-order valence-electron chi connectivity index (χ0n) is 15.2. The fraction of sp³-hybridized carbons (Fsp3) is 0.529. The van der Waals surface area contributed by atoms with E-state index in [9.17, 15) is 24.3 Å². The molecule has 1 aromatic heterocycles. The quantitative estimate of drug-likeness (QED) is 0.194. The van der Waals surface area contributed by atoms with Crippen molar-refractivity contribution in [3.05, 3.63) is 16.8 Å². The second-order valence-corrected chi connectivity index (χ2v) is 10.8. The summed E-state index contributed by atoms with van der Waals surface area (Å²) < 4.78 is 5.22. The van der Waals surface area contributed by atoms with E-state index in [4.69, 9.17) is 4.74 Å². The van der Waals surface area contributed by atoms with Crippen LogP contribution in [-0.4, -0.2) is 68.0 Å². The van der Waals surface area contributed by atoms with Gasteiger partial charge in [0.1, 0.15) is 18.0 Å². The number of halogens is 1. The van der Waals surface area contributed by atoms with Gasteiger partial charge >= 0.3 is 11.9 Å². The molecule has 11 heteroatoms. The molecule has 4 atom stereocenters. The van der Waals surface area contributed by atoms with Crippen LogP contribution in [-0.2, 0) is 23.9 Å². The fourth-order valence-corrected chi connectivity index (χ4v) is 5.63. The monoisotopic (exact) mass is 538 g/mol. The van der Waals surface area contributed by atoms with Gasteiger partial charge in [0.2, 0.25) is 11.8 Å². The first kappa shape index (κ1) is 21.4. The van der Waals surface area contributed by atoms with Crippen LogP contribution in [0.3, 0.4) is 0 Å². The smallest absolute Gasteiger partial charge is 0.326 e. The molecule has 2 saturated heterocycles. The summed E-state index contributed by atoms with van der Waals surface area (Å²) in [5.74, 6) is -2.77. The highest BCUT2D eigenvalue weighted by molar-refractivity contribution is 14.1. The highest BCUT2D eigenvalue weighted by Gasteiger charge is 2.62. The molecule has 8 nitrogen and oxygen atoms in total. The standard InChI is InChI=1S/C17H19IN2O6S2/c1-9(18)5-26-16(25)17(15(23)24)7-19-13(22)12(14(19)28-8-17)20(10(2)21)11-3-4-27-6-11/h3-4,6,9,12,14H,5,7-8H2,1-2H3,(H,23,24)/t9?,12?,14-,17?/m1/s1. The molecular weight excluding hydrogens is 519 g/mol. The number of aliphatic carboxylic acids is 1. The van der Waals surface area contributed by atoms with Gasteiger partial charge in [0.25, 0.3) is 0 Å². The summed E-state index contributed by atoms with van der Waals surface area (Å²) in [6, 6.07) is 1.06. The highest BCUT2D eigenvalue weighted by Crippen LogP contribution is 2.45. The van der Waals surface area contributed by atoms with Gasteiger partial charge in [-0.3, -0.25) is 24.1 Å². The molecule has 2 amide bonds. The number of thioether (sulfide) groups is 1. The number of rotatable bonds is 6. The van der Waals surface area contributed by atoms with Crippen molar-refractivity contribution in [3.8, 4) is 0 Å². The summed E-state index contributed by atoms with van der Waals surface area (Å²) in [4.78, 5) is 52.3. The lowest BCUT2D eigenvalue weighted by atomic mass is 9.87. The highest BCUT2D eigenvalue weighted by atomic mass is 127. The summed E-state index contributed by atoms with van der Waals surface area (Å²) >= 11 is 4.70. The zero-order valence-corrected chi connectivity index (χ0v) is 19.0. The van der Waals surface area contributed by atoms with E-state index >= 15 is 0 Å². The van der Waals surface area contributed by atoms with Crippen LogP contribution < -0.4 is 4.90 Å². The molecule has 2 aliphatic heterocycles. The molecule has 3 rings (SSSR count). The van der Waals surface area contributed by atoms with Gasteiger partial charge in [0.05, 0.1) is 5.69 Å². The summed E-state index contributed by atoms with van der Waals surface area (Å²) in [7, 11) is 0. The zero-order chi connectivity index (χ0) is 20.6. The number of thiophene rings is 1. The molecule has 2 aliphatic rings. The van der Waals surface area contributed by atoms with Crippen LogP contribution >= 0.6 is 45.7 Å². The molecule has 0 aromatic carbocycles. The number of carboxylic acids is 1. The van der Waals surface area contributed by atoms with Gasteiger partial charge in [-0.25, -0.2) is 0 Å². The van der Waals surface area contributed by atoms with Crippen molar-refractivity contribution in [1.82, 2.24) is 4.90 Å². The molecule has 3 unspecified atom stereocenters. The van der Waals surface area contributed by atoms with Crippen LogP contribution in [0.2, 0.25) is 0 Å². The Morgan fingerprint density at radius 3 is 2.75 bits per heavy atom. The van der Waals surface area contributed by atoms with E-state index in [-0.39, 0.29) is 40.0 Å². The maximum atomic E-state index is 12.8. The number of hydrogen-bond donors (Lipinski definition) is 1. The Morgan fingerprint density at radius 1 is 1.50 bits per heavy atom. The maximum absolute atomic E-state index is 12.8. The van der Waals surface area contributed by atoms with Gasteiger partial charge in [-0.1, -0.05) is 29.5 Å². The lowest BCUT2D eigenvalue weighted by Crippen LogP contribution is -2.75. The third-order valence-electron chi connectivity index (χ3n) is 4.70. The minimum Gasteiger partial charge on any atom is -0.480 e. The fourth-order valence-electron chi connectivity index (χ4n) is 3.26. The predicted octanol–water partition coefficient (Wildman–Crippen LogP) is 1.82. The number of esters is 1. The molecule has 0 spiro atoms. The molecule has 0 aliphatic carbocycles. The average Bonchev–Trinajstić information content (AvgIpc) is 3.16. The number of nitrogens with zero attached hydrogens (tertiary/aromatic N) is 2. The lowest BCUT2D eigenvalue weighted by molar-refractivity contribution is -0.172. The third kappa shape index (κ3) is 3.63. The van der Waals surface area contributed by atoms with Crippen LogP contribution in [0.15, 0.2) is 16.8 Å². The Balaban J connectivity index is 1.80. The molecule has 28 heavy (non-hydrogen) atoms. The topological polar surface area (TPSA) is 104 Å². The number of hydrogen-bond acceptors (Lipinski definition) is 7. The van der Waals surface area contributed by atoms with Crippen LogP contribution in [0, 0.1) is 5.41 Å². The van der Waals surface area contributed by atoms with Crippen molar-refractivity contribution in [3.63, 3.8) is 0 Å². The van der Waals surface area contributed by atoms with Gasteiger partial charge in [0, 0.05) is 28.5 Å². The minimum atomic E-state index is -1.79. The molecule has 2 fully saturated rings. The molecule has 1 aromatic rings. The van der Waals surface area contributed by atoms with E-state index in [1.165, 1.54) is 39.8 Å². The first-order chi connectivity index (χ1) is 13.2. The number of β-lactam (4-membered cyclic amide) rings is 1. The summed E-state index contributed by atoms with van der Waals surface area (Å²) in [5, 5.41) is 13.0. The van der Waals surface area contributed by atoms with E-state index in [2.05, 4.69) is 22.6 Å². The largest absolute Gasteiger partial charge is 0.480 e. The van der Waals surface area contributed by atoms with Crippen molar-refractivity contribution in [1.29, 1.82) is 0 Å². The van der Waals surface area contributed by atoms with Gasteiger partial charge in [-0.05, 0) is 11.4 Å². The Bertz CT molecular complexity index is 802. The Hall–Kier alpha value is -1.34. The van der Waals surface area contributed by atoms with E-state index in [0.29, 0.717) is 5.69 Å². The Labute approximate surface area is 183 Å². The number of anilines is 1. The van der Waals surface area contributed by atoms with E-state index < -0.39 is 23.4 Å². The van der Waals surface area contributed by atoms with Crippen molar-refractivity contribution < 1.29 is 29.0 Å². The molecule has 0 radical (unpaired) electrons. The van der Waals surface area contributed by atoms with Crippen molar-refractivity contribution in [2.24, 2.45) is 5.41 Å². The van der Waals surface area contributed by atoms with Gasteiger partial charge in [-0.15, -0.1) is 11.8 Å². The Kier molecular flexibility index (Phi) is 6.25. The third-order valence-corrected chi connectivity index (χ3v) is 7.24. The second-order valence-electron chi connectivity index (χ2n) is 6.75. The van der Waals surface area contributed by atoms with Crippen molar-refractivity contribution in [2.75, 3.05) is 23.8 Å². The normalized spacial score (nSPS) is 27.4. The van der Waals surface area contributed by atoms with Gasteiger partial charge < -0.3 is 14.7 Å². The SMILES string of the molecule is CC(=O)N(c1ccsc1)C1C(=O)N2CC(C(=O)O)(C(=O)OCC(C)I)CS[C@H]12. The first-order valence-electron chi connectivity index (χ1n) is 8.48. The minimum absolute atomic E-state index is 0.0167. The number of alkyl halides is 1. The maximum Gasteiger partial charge on any atom is 0.326 e. The van der Waals surface area contributed by atoms with E-state index in [0.717, 1.165) is 0 Å².